The summed E-state index contributed by atoms with van der Waals surface area (Å²) in [4.78, 5) is 6.67. The number of nitrogens with zero attached hydrogens (tertiary/aromatic N) is 2. The number of aromatic nitrogens is 1. The number of pyridine rings is 1. The van der Waals surface area contributed by atoms with Crippen LogP contribution in [0.5, 0.6) is 0 Å². The lowest BCUT2D eigenvalue weighted by atomic mass is 9.99. The molecule has 0 bridgehead atoms. The molecule has 148 valence electrons. The van der Waals surface area contributed by atoms with Crippen LogP contribution < -0.4 is 4.72 Å². The largest absolute Gasteiger partial charge is 0.417 e. The lowest BCUT2D eigenvalue weighted by Crippen LogP contribution is -2.16. The van der Waals surface area contributed by atoms with Gasteiger partial charge in [0.05, 0.1) is 17.0 Å². The van der Waals surface area contributed by atoms with E-state index in [-0.39, 0.29) is 22.6 Å². The number of hydrogen-bond acceptors (Lipinski definition) is 3. The van der Waals surface area contributed by atoms with E-state index in [1.165, 1.54) is 30.3 Å². The number of nitrogens with one attached hydrogen (secondary N) is 1. The highest BCUT2D eigenvalue weighted by Crippen LogP contribution is 2.39. The molecule has 2 aromatic carbocycles. The Morgan fingerprint density at radius 1 is 1.03 bits per heavy atom. The standard InChI is InChI=1S/C20H14F3N3O2S/c1-13-4-3-5-19(25-13)26-29(27,28)16-10-11-17(18(12-16)20(21,22)23)14-6-8-15(24-2)9-7-14/h3-12H,1H3,(H,25,26). The zero-order valence-corrected chi connectivity index (χ0v) is 15.8. The lowest BCUT2D eigenvalue weighted by molar-refractivity contribution is -0.137. The van der Waals surface area contributed by atoms with Gasteiger partial charge in [0.2, 0.25) is 0 Å². The van der Waals surface area contributed by atoms with Crippen LogP contribution in [0, 0.1) is 13.5 Å². The molecule has 0 saturated heterocycles. The van der Waals surface area contributed by atoms with Gasteiger partial charge in [-0.05, 0) is 42.3 Å². The molecule has 0 fully saturated rings. The number of anilines is 1. The summed E-state index contributed by atoms with van der Waals surface area (Å²) in [6.45, 7) is 8.59. The summed E-state index contributed by atoms with van der Waals surface area (Å²) >= 11 is 0. The fraction of sp³-hybridized carbons (Fsp3) is 0.100. The third-order valence-corrected chi connectivity index (χ3v) is 5.39. The van der Waals surface area contributed by atoms with Gasteiger partial charge in [-0.3, -0.25) is 4.72 Å². The molecule has 9 heteroatoms. The van der Waals surface area contributed by atoms with Crippen molar-refractivity contribution in [3.8, 4) is 11.1 Å². The number of alkyl halides is 3. The summed E-state index contributed by atoms with van der Waals surface area (Å²) in [5.74, 6) is 0.0115. The van der Waals surface area contributed by atoms with E-state index in [1.54, 1.807) is 19.1 Å². The Hall–Kier alpha value is -3.38. The molecule has 5 nitrogen and oxygen atoms in total. The van der Waals surface area contributed by atoms with Crippen molar-refractivity contribution >= 4 is 21.5 Å². The Morgan fingerprint density at radius 3 is 2.31 bits per heavy atom. The number of benzene rings is 2. The first-order valence-electron chi connectivity index (χ1n) is 8.26. The van der Waals surface area contributed by atoms with Crippen molar-refractivity contribution < 1.29 is 21.6 Å². The summed E-state index contributed by atoms with van der Waals surface area (Å²) in [7, 11) is -4.27. The normalized spacial score (nSPS) is 11.7. The molecule has 0 unspecified atom stereocenters. The molecular weight excluding hydrogens is 403 g/mol. The van der Waals surface area contributed by atoms with E-state index in [4.69, 9.17) is 6.57 Å². The molecule has 0 atom stereocenters. The molecule has 0 spiro atoms. The molecule has 3 rings (SSSR count). The summed E-state index contributed by atoms with van der Waals surface area (Å²) in [6.07, 6.45) is -4.78. The van der Waals surface area contributed by atoms with E-state index in [0.29, 0.717) is 11.8 Å². The van der Waals surface area contributed by atoms with Crippen LogP contribution in [0.2, 0.25) is 0 Å². The van der Waals surface area contributed by atoms with E-state index < -0.39 is 26.7 Å². The van der Waals surface area contributed by atoms with E-state index >= 15 is 0 Å². The molecule has 1 N–H and O–H groups in total. The zero-order valence-electron chi connectivity index (χ0n) is 15.0. The number of hydrogen-bond donors (Lipinski definition) is 1. The van der Waals surface area contributed by atoms with Crippen molar-refractivity contribution in [2.24, 2.45) is 0 Å². The Balaban J connectivity index is 2.06. The maximum atomic E-state index is 13.7. The highest BCUT2D eigenvalue weighted by molar-refractivity contribution is 7.92. The van der Waals surface area contributed by atoms with Crippen LogP contribution >= 0.6 is 0 Å². The van der Waals surface area contributed by atoms with Crippen molar-refractivity contribution in [3.05, 3.63) is 83.3 Å². The van der Waals surface area contributed by atoms with Crippen molar-refractivity contribution in [2.45, 2.75) is 18.0 Å². The number of aryl methyl sites for hydroxylation is 1. The van der Waals surface area contributed by atoms with Gasteiger partial charge in [-0.2, -0.15) is 13.2 Å². The van der Waals surface area contributed by atoms with Crippen molar-refractivity contribution in [1.82, 2.24) is 4.98 Å². The summed E-state index contributed by atoms with van der Waals surface area (Å²) in [5, 5.41) is 0. The fourth-order valence-electron chi connectivity index (χ4n) is 2.69. The monoisotopic (exact) mass is 417 g/mol. The van der Waals surface area contributed by atoms with Crippen molar-refractivity contribution in [3.63, 3.8) is 0 Å². The molecular formula is C20H14F3N3O2S. The molecule has 1 heterocycles. The van der Waals surface area contributed by atoms with Crippen LogP contribution in [-0.2, 0) is 16.2 Å². The van der Waals surface area contributed by atoms with E-state index in [0.717, 1.165) is 12.1 Å². The number of halogens is 3. The first-order chi connectivity index (χ1) is 13.6. The third kappa shape index (κ3) is 4.55. The Morgan fingerprint density at radius 2 is 1.72 bits per heavy atom. The Bertz CT molecular complexity index is 1200. The predicted octanol–water partition coefficient (Wildman–Crippen LogP) is 5.43. The van der Waals surface area contributed by atoms with Crippen molar-refractivity contribution in [2.75, 3.05) is 4.72 Å². The highest BCUT2D eigenvalue weighted by Gasteiger charge is 2.35. The average Bonchev–Trinajstić information content (AvgIpc) is 2.66. The second-order valence-corrected chi connectivity index (χ2v) is 7.82. The summed E-state index contributed by atoms with van der Waals surface area (Å²) < 4.78 is 68.3. The molecule has 0 aliphatic heterocycles. The second kappa shape index (κ2) is 7.56. The van der Waals surface area contributed by atoms with Gasteiger partial charge in [-0.15, -0.1) is 0 Å². The van der Waals surface area contributed by atoms with Crippen LogP contribution in [0.25, 0.3) is 16.0 Å². The van der Waals surface area contributed by atoms with Gasteiger partial charge in [-0.1, -0.05) is 36.4 Å². The van der Waals surface area contributed by atoms with Gasteiger partial charge in [-0.25, -0.2) is 18.2 Å². The van der Waals surface area contributed by atoms with Crippen LogP contribution in [0.15, 0.2) is 65.6 Å². The molecule has 0 aliphatic carbocycles. The van der Waals surface area contributed by atoms with Gasteiger partial charge in [0, 0.05) is 5.69 Å². The molecule has 1 aromatic heterocycles. The average molecular weight is 417 g/mol. The lowest BCUT2D eigenvalue weighted by Gasteiger charge is -2.15. The topological polar surface area (TPSA) is 63.4 Å². The van der Waals surface area contributed by atoms with Crippen LogP contribution in [0.1, 0.15) is 11.3 Å². The van der Waals surface area contributed by atoms with E-state index in [9.17, 15) is 21.6 Å². The Labute approximate surface area is 165 Å². The smallest absolute Gasteiger partial charge is 0.263 e. The molecule has 29 heavy (non-hydrogen) atoms. The first-order valence-corrected chi connectivity index (χ1v) is 9.74. The highest BCUT2D eigenvalue weighted by atomic mass is 32.2. The van der Waals surface area contributed by atoms with Crippen LogP contribution in [-0.4, -0.2) is 13.4 Å². The molecule has 0 amide bonds. The van der Waals surface area contributed by atoms with Crippen molar-refractivity contribution in [1.29, 1.82) is 0 Å². The summed E-state index contributed by atoms with van der Waals surface area (Å²) in [5.41, 5.74) is -0.201. The first kappa shape index (κ1) is 20.4. The summed E-state index contributed by atoms with van der Waals surface area (Å²) in [6, 6.07) is 13.0. The van der Waals surface area contributed by atoms with E-state index in [1.807, 2.05) is 0 Å². The fourth-order valence-corrected chi connectivity index (χ4v) is 3.72. The second-order valence-electron chi connectivity index (χ2n) is 6.13. The van der Waals surface area contributed by atoms with Crippen LogP contribution in [0.4, 0.5) is 24.7 Å². The third-order valence-electron chi connectivity index (χ3n) is 4.04. The predicted molar refractivity (Wildman–Crippen MR) is 103 cm³/mol. The molecule has 0 radical (unpaired) electrons. The van der Waals surface area contributed by atoms with Gasteiger partial charge < -0.3 is 0 Å². The molecule has 0 saturated carbocycles. The number of rotatable bonds is 4. The van der Waals surface area contributed by atoms with Gasteiger partial charge in [0.25, 0.3) is 10.0 Å². The molecule has 3 aromatic rings. The van der Waals surface area contributed by atoms with Gasteiger partial charge in [0.15, 0.2) is 5.69 Å². The van der Waals surface area contributed by atoms with Crippen LogP contribution in [0.3, 0.4) is 0 Å². The minimum absolute atomic E-state index is 0.0115. The Kier molecular flexibility index (Phi) is 5.31. The SMILES string of the molecule is [C-]#[N+]c1ccc(-c2ccc(S(=O)(=O)Nc3cccc(C)n3)cc2C(F)(F)F)cc1. The minimum atomic E-state index is -4.78. The minimum Gasteiger partial charge on any atom is -0.263 e. The zero-order chi connectivity index (χ0) is 21.2. The van der Waals surface area contributed by atoms with E-state index in [2.05, 4.69) is 14.6 Å². The number of sulfonamides is 1. The quantitative estimate of drug-likeness (QED) is 0.576. The van der Waals surface area contributed by atoms with Gasteiger partial charge in [0.1, 0.15) is 5.82 Å². The molecule has 0 aliphatic rings. The maximum Gasteiger partial charge on any atom is 0.417 e. The maximum absolute atomic E-state index is 13.7. The van der Waals surface area contributed by atoms with Gasteiger partial charge >= 0.3 is 6.18 Å².